The van der Waals surface area contributed by atoms with Crippen LogP contribution >= 0.6 is 7.60 Å². The summed E-state index contributed by atoms with van der Waals surface area (Å²) in [6, 6.07) is 9.05. The lowest BCUT2D eigenvalue weighted by Crippen LogP contribution is -2.55. The van der Waals surface area contributed by atoms with Crippen molar-refractivity contribution in [3.63, 3.8) is 0 Å². The van der Waals surface area contributed by atoms with Crippen LogP contribution in [0.4, 0.5) is 5.82 Å². The van der Waals surface area contributed by atoms with Gasteiger partial charge in [0.2, 0.25) is 5.91 Å². The van der Waals surface area contributed by atoms with Gasteiger partial charge in [0.05, 0.1) is 18.8 Å². The van der Waals surface area contributed by atoms with E-state index in [-0.39, 0.29) is 18.3 Å². The molecular weight excluding hydrogens is 499 g/mol. The summed E-state index contributed by atoms with van der Waals surface area (Å²) < 4.78 is 11.8. The fourth-order valence-corrected chi connectivity index (χ4v) is 5.39. The molecule has 3 heterocycles. The average molecular weight is 533 g/mol. The Bertz CT molecular complexity index is 1140. The molecule has 1 aromatic carbocycles. The number of amides is 2. The van der Waals surface area contributed by atoms with Crippen LogP contribution in [0.2, 0.25) is 0 Å². The topological polar surface area (TPSA) is 168 Å². The van der Waals surface area contributed by atoms with Crippen molar-refractivity contribution in [2.75, 3.05) is 50.4 Å². The van der Waals surface area contributed by atoms with Crippen LogP contribution in [0.3, 0.4) is 0 Å². The number of benzene rings is 1. The number of nitrogens with one attached hydrogen (secondary N) is 2. The molecular formula is C24H33N6O6P. The first kappa shape index (κ1) is 27.2. The number of aromatic nitrogens is 2. The number of rotatable bonds is 8. The Morgan fingerprint density at radius 3 is 2.51 bits per heavy atom. The number of carbonyl (C=O) groups is 2. The van der Waals surface area contributed by atoms with Gasteiger partial charge in [0, 0.05) is 44.4 Å². The summed E-state index contributed by atoms with van der Waals surface area (Å²) in [5.74, 6) is -0.518. The molecule has 2 fully saturated rings. The average Bonchev–Trinajstić information content (AvgIpc) is 2.92. The minimum absolute atomic E-state index is 0.0325. The van der Waals surface area contributed by atoms with E-state index in [2.05, 4.69) is 20.6 Å². The maximum absolute atomic E-state index is 13.4. The molecule has 37 heavy (non-hydrogen) atoms. The number of nitrogens with zero attached hydrogens (tertiary/aromatic N) is 4. The first-order valence-corrected chi connectivity index (χ1v) is 14.2. The number of hydrogen-bond acceptors (Lipinski definition) is 8. The van der Waals surface area contributed by atoms with Crippen LogP contribution in [0.5, 0.6) is 0 Å². The number of aliphatic hydroxyl groups is 1. The Balaban J connectivity index is 1.67. The molecule has 0 spiro atoms. The normalized spacial score (nSPS) is 19.4. The van der Waals surface area contributed by atoms with E-state index in [4.69, 9.17) is 0 Å². The van der Waals surface area contributed by atoms with Gasteiger partial charge in [-0.15, -0.1) is 0 Å². The number of hydrogen-bond donors (Lipinski definition) is 5. The minimum Gasteiger partial charge on any atom is -0.394 e. The van der Waals surface area contributed by atoms with E-state index < -0.39 is 31.6 Å². The molecule has 2 unspecified atom stereocenters. The lowest BCUT2D eigenvalue weighted by molar-refractivity contribution is -0.133. The van der Waals surface area contributed by atoms with Crippen LogP contribution in [0.25, 0.3) is 11.4 Å². The van der Waals surface area contributed by atoms with E-state index in [1.54, 1.807) is 0 Å². The van der Waals surface area contributed by atoms with E-state index in [9.17, 15) is 29.0 Å². The molecule has 1 aromatic heterocycles. The van der Waals surface area contributed by atoms with Crippen LogP contribution < -0.4 is 15.5 Å². The number of piperidine rings is 1. The van der Waals surface area contributed by atoms with Gasteiger partial charge in [-0.1, -0.05) is 30.3 Å². The van der Waals surface area contributed by atoms with Crippen molar-refractivity contribution in [3.8, 4) is 11.4 Å². The first-order chi connectivity index (χ1) is 17.7. The third-order valence-corrected chi connectivity index (χ3v) is 7.40. The summed E-state index contributed by atoms with van der Waals surface area (Å²) in [6.45, 7) is 2.45. The van der Waals surface area contributed by atoms with Crippen molar-refractivity contribution >= 4 is 25.2 Å². The molecule has 0 bridgehead atoms. The summed E-state index contributed by atoms with van der Waals surface area (Å²) in [7, 11) is -4.62. The van der Waals surface area contributed by atoms with Crippen LogP contribution in [-0.2, 0) is 9.36 Å². The highest BCUT2D eigenvalue weighted by Gasteiger charge is 2.33. The monoisotopic (exact) mass is 532 g/mol. The fourth-order valence-electron chi connectivity index (χ4n) is 4.67. The van der Waals surface area contributed by atoms with Gasteiger partial charge in [-0.3, -0.25) is 14.2 Å². The minimum atomic E-state index is -4.62. The van der Waals surface area contributed by atoms with Crippen molar-refractivity contribution in [2.45, 2.75) is 31.3 Å². The zero-order chi connectivity index (χ0) is 26.4. The molecule has 2 aromatic rings. The second kappa shape index (κ2) is 12.1. The number of anilines is 1. The lowest BCUT2D eigenvalue weighted by Gasteiger charge is -2.35. The summed E-state index contributed by atoms with van der Waals surface area (Å²) >= 11 is 0. The highest BCUT2D eigenvalue weighted by molar-refractivity contribution is 7.51. The molecule has 0 aliphatic carbocycles. The maximum atomic E-state index is 13.4. The molecule has 0 saturated carbocycles. The zero-order valence-corrected chi connectivity index (χ0v) is 21.4. The third kappa shape index (κ3) is 7.12. The number of aliphatic hydroxyl groups excluding tert-OH is 1. The first-order valence-electron chi connectivity index (χ1n) is 12.4. The highest BCUT2D eigenvalue weighted by Crippen LogP contribution is 2.35. The van der Waals surface area contributed by atoms with E-state index in [1.165, 1.54) is 11.0 Å². The smallest absolute Gasteiger partial charge is 0.328 e. The van der Waals surface area contributed by atoms with Gasteiger partial charge in [-0.25, -0.2) is 9.97 Å². The van der Waals surface area contributed by atoms with Crippen molar-refractivity contribution in [1.29, 1.82) is 0 Å². The van der Waals surface area contributed by atoms with Gasteiger partial charge in [0.1, 0.15) is 17.6 Å². The molecule has 2 amide bonds. The molecule has 4 rings (SSSR count). The van der Waals surface area contributed by atoms with Crippen LogP contribution in [0, 0.1) is 0 Å². The van der Waals surface area contributed by atoms with Crippen molar-refractivity contribution in [3.05, 3.63) is 42.1 Å². The second-order valence-electron chi connectivity index (χ2n) is 9.28. The van der Waals surface area contributed by atoms with Gasteiger partial charge in [-0.05, 0) is 19.3 Å². The van der Waals surface area contributed by atoms with Gasteiger partial charge in [0.25, 0.3) is 5.91 Å². The van der Waals surface area contributed by atoms with Crippen LogP contribution in [-0.4, -0.2) is 99.2 Å². The van der Waals surface area contributed by atoms with E-state index in [0.29, 0.717) is 49.9 Å². The summed E-state index contributed by atoms with van der Waals surface area (Å²) in [4.78, 5) is 58.2. The Kier molecular flexibility index (Phi) is 8.88. The molecule has 2 atom stereocenters. The van der Waals surface area contributed by atoms with Crippen molar-refractivity contribution in [1.82, 2.24) is 25.5 Å². The summed E-state index contributed by atoms with van der Waals surface area (Å²) in [6.07, 6.45) is 1.85. The highest BCUT2D eigenvalue weighted by atomic mass is 31.2. The zero-order valence-electron chi connectivity index (χ0n) is 20.5. The third-order valence-electron chi connectivity index (χ3n) is 6.56. The lowest BCUT2D eigenvalue weighted by atomic mass is 10.0. The van der Waals surface area contributed by atoms with E-state index in [0.717, 1.165) is 19.3 Å². The SMILES string of the molecule is O=C(NC(CP(=O)(O)O)C(=O)N1CCNCC1)c1cc(N2CCCCC2CO)nc(-c2ccccc2)n1. The van der Waals surface area contributed by atoms with E-state index in [1.807, 2.05) is 35.2 Å². The van der Waals surface area contributed by atoms with Crippen molar-refractivity contribution < 1.29 is 29.0 Å². The van der Waals surface area contributed by atoms with Crippen LogP contribution in [0.15, 0.2) is 36.4 Å². The van der Waals surface area contributed by atoms with Gasteiger partial charge >= 0.3 is 7.60 Å². The standard InChI is InChI=1S/C24H33N6O6P/c31-15-18-8-4-5-11-30(18)21-14-19(26-22(28-21)17-6-2-1-3-7-17)23(32)27-20(16-37(34,35)36)24(33)29-12-9-25-10-13-29/h1-3,6-7,14,18,20,25,31H,4-5,8-13,15-16H2,(H,27,32)(H2,34,35,36). The van der Waals surface area contributed by atoms with Gasteiger partial charge in [-0.2, -0.15) is 0 Å². The molecule has 12 nitrogen and oxygen atoms in total. The quantitative estimate of drug-likeness (QED) is 0.296. The molecule has 2 saturated heterocycles. The Morgan fingerprint density at radius 2 is 1.84 bits per heavy atom. The number of carbonyl (C=O) groups excluding carboxylic acids is 2. The Hall–Kier alpha value is -2.89. The summed E-state index contributed by atoms with van der Waals surface area (Å²) in [5.41, 5.74) is 0.648. The van der Waals surface area contributed by atoms with Crippen LogP contribution in [0.1, 0.15) is 29.8 Å². The molecule has 5 N–H and O–H groups in total. The van der Waals surface area contributed by atoms with E-state index >= 15 is 0 Å². The van der Waals surface area contributed by atoms with Gasteiger partial charge < -0.3 is 35.3 Å². The predicted octanol–water partition coefficient (Wildman–Crippen LogP) is 0.203. The molecule has 0 radical (unpaired) electrons. The maximum Gasteiger partial charge on any atom is 0.328 e. The Labute approximate surface area is 215 Å². The molecule has 2 aliphatic heterocycles. The number of piperazine rings is 1. The predicted molar refractivity (Wildman–Crippen MR) is 137 cm³/mol. The molecule has 13 heteroatoms. The largest absolute Gasteiger partial charge is 0.394 e. The van der Waals surface area contributed by atoms with Crippen molar-refractivity contribution in [2.24, 2.45) is 0 Å². The second-order valence-corrected chi connectivity index (χ2v) is 11.0. The Morgan fingerprint density at radius 1 is 1.11 bits per heavy atom. The van der Waals surface area contributed by atoms with Gasteiger partial charge in [0.15, 0.2) is 5.82 Å². The fraction of sp³-hybridized carbons (Fsp3) is 0.500. The summed E-state index contributed by atoms with van der Waals surface area (Å²) in [5, 5.41) is 15.6. The molecule has 2 aliphatic rings. The molecule has 200 valence electrons.